The normalized spacial score (nSPS) is 17.9. The van der Waals surface area contributed by atoms with Crippen LogP contribution in [0.25, 0.3) is 0 Å². The molecule has 0 bridgehead atoms. The van der Waals surface area contributed by atoms with E-state index in [0.717, 1.165) is 18.2 Å². The van der Waals surface area contributed by atoms with Crippen molar-refractivity contribution in [1.82, 2.24) is 10.2 Å². The number of halogens is 5. The molecule has 130 valence electrons. The molecule has 0 unspecified atom stereocenters. The number of nitrogens with zero attached hydrogens (tertiary/aromatic N) is 1. The van der Waals surface area contributed by atoms with Crippen molar-refractivity contribution in [2.24, 2.45) is 0 Å². The molecule has 1 aromatic heterocycles. The van der Waals surface area contributed by atoms with Crippen molar-refractivity contribution in [3.63, 3.8) is 0 Å². The average molecular weight is 379 g/mol. The molecular formula is C16H15ClF4N2S. The SMILES string of the molecule is Fc1ccc(C(F)(F)F)c([C@@H](c2ccc(Cl)s2)N2CCNCC2)c1. The summed E-state index contributed by atoms with van der Waals surface area (Å²) in [6.07, 6.45) is -4.55. The van der Waals surface area contributed by atoms with Crippen molar-refractivity contribution < 1.29 is 17.6 Å². The van der Waals surface area contributed by atoms with Gasteiger partial charge in [-0.25, -0.2) is 4.39 Å². The van der Waals surface area contributed by atoms with Crippen molar-refractivity contribution in [2.75, 3.05) is 26.2 Å². The smallest absolute Gasteiger partial charge is 0.314 e. The lowest BCUT2D eigenvalue weighted by Gasteiger charge is -2.35. The minimum absolute atomic E-state index is 0.0667. The van der Waals surface area contributed by atoms with Crippen molar-refractivity contribution >= 4 is 22.9 Å². The van der Waals surface area contributed by atoms with Crippen molar-refractivity contribution in [1.29, 1.82) is 0 Å². The molecule has 1 atom stereocenters. The first kappa shape index (κ1) is 17.7. The van der Waals surface area contributed by atoms with Crippen LogP contribution in [-0.4, -0.2) is 31.1 Å². The molecule has 1 N–H and O–H groups in total. The van der Waals surface area contributed by atoms with E-state index in [1.807, 2.05) is 4.90 Å². The zero-order chi connectivity index (χ0) is 17.3. The van der Waals surface area contributed by atoms with E-state index in [1.54, 1.807) is 12.1 Å². The number of hydrogen-bond donors (Lipinski definition) is 1. The van der Waals surface area contributed by atoms with E-state index < -0.39 is 23.6 Å². The van der Waals surface area contributed by atoms with Crippen LogP contribution in [0.2, 0.25) is 4.34 Å². The highest BCUT2D eigenvalue weighted by atomic mass is 35.5. The van der Waals surface area contributed by atoms with E-state index in [2.05, 4.69) is 5.32 Å². The van der Waals surface area contributed by atoms with Crippen LogP contribution in [0.5, 0.6) is 0 Å². The van der Waals surface area contributed by atoms with Gasteiger partial charge in [0.05, 0.1) is 15.9 Å². The maximum atomic E-state index is 13.8. The summed E-state index contributed by atoms with van der Waals surface area (Å²) >= 11 is 7.21. The Morgan fingerprint density at radius 2 is 1.83 bits per heavy atom. The van der Waals surface area contributed by atoms with Crippen LogP contribution in [0.1, 0.15) is 22.0 Å². The summed E-state index contributed by atoms with van der Waals surface area (Å²) in [6, 6.07) is 5.35. The Morgan fingerprint density at radius 1 is 1.12 bits per heavy atom. The molecule has 0 aliphatic carbocycles. The van der Waals surface area contributed by atoms with Crippen LogP contribution >= 0.6 is 22.9 Å². The van der Waals surface area contributed by atoms with E-state index in [0.29, 0.717) is 35.4 Å². The molecule has 1 aromatic carbocycles. The zero-order valence-corrected chi connectivity index (χ0v) is 14.1. The van der Waals surface area contributed by atoms with Gasteiger partial charge in [-0.3, -0.25) is 4.90 Å². The van der Waals surface area contributed by atoms with E-state index >= 15 is 0 Å². The summed E-state index contributed by atoms with van der Waals surface area (Å²) in [7, 11) is 0. The molecular weight excluding hydrogens is 364 g/mol. The third-order valence-electron chi connectivity index (χ3n) is 3.99. The molecule has 2 nitrogen and oxygen atoms in total. The molecule has 0 saturated carbocycles. The lowest BCUT2D eigenvalue weighted by atomic mass is 9.96. The molecule has 2 heterocycles. The summed E-state index contributed by atoms with van der Waals surface area (Å²) in [6.45, 7) is 2.50. The number of alkyl halides is 3. The highest BCUT2D eigenvalue weighted by Gasteiger charge is 2.38. The van der Waals surface area contributed by atoms with Gasteiger partial charge < -0.3 is 5.32 Å². The quantitative estimate of drug-likeness (QED) is 0.788. The lowest BCUT2D eigenvalue weighted by molar-refractivity contribution is -0.138. The summed E-state index contributed by atoms with van der Waals surface area (Å²) in [5.41, 5.74) is -0.875. The maximum Gasteiger partial charge on any atom is 0.416 e. The predicted octanol–water partition coefficient (Wildman–Crippen LogP) is 4.55. The molecule has 2 aromatic rings. The van der Waals surface area contributed by atoms with E-state index in [4.69, 9.17) is 11.6 Å². The van der Waals surface area contributed by atoms with Gasteiger partial charge in [0.15, 0.2) is 0 Å². The molecule has 1 aliphatic heterocycles. The monoisotopic (exact) mass is 378 g/mol. The van der Waals surface area contributed by atoms with E-state index in [1.165, 1.54) is 11.3 Å². The highest BCUT2D eigenvalue weighted by Crippen LogP contribution is 2.41. The van der Waals surface area contributed by atoms with Crippen LogP contribution < -0.4 is 5.32 Å². The topological polar surface area (TPSA) is 15.3 Å². The van der Waals surface area contributed by atoms with Gasteiger partial charge in [-0.05, 0) is 35.9 Å². The molecule has 0 amide bonds. The van der Waals surface area contributed by atoms with Gasteiger partial charge in [0, 0.05) is 31.1 Å². The summed E-state index contributed by atoms with van der Waals surface area (Å²) in [5, 5.41) is 3.17. The zero-order valence-electron chi connectivity index (χ0n) is 12.5. The van der Waals surface area contributed by atoms with Crippen molar-refractivity contribution in [3.8, 4) is 0 Å². The average Bonchev–Trinajstić information content (AvgIpc) is 2.94. The van der Waals surface area contributed by atoms with Gasteiger partial charge in [0.1, 0.15) is 5.82 Å². The van der Waals surface area contributed by atoms with E-state index in [-0.39, 0.29) is 5.56 Å². The van der Waals surface area contributed by atoms with Gasteiger partial charge in [-0.15, -0.1) is 11.3 Å². The van der Waals surface area contributed by atoms with Gasteiger partial charge in [-0.2, -0.15) is 13.2 Å². The number of thiophene rings is 1. The molecule has 8 heteroatoms. The standard InChI is InChI=1S/C16H15ClF4N2S/c17-14-4-3-13(24-14)15(23-7-5-22-6-8-23)11-9-10(18)1-2-12(11)16(19,20)21/h1-4,9,15,22H,5-8H2/t15-/m0/s1. The second-order valence-corrected chi connectivity index (χ2v) is 7.31. The number of hydrogen-bond acceptors (Lipinski definition) is 3. The van der Waals surface area contributed by atoms with Crippen LogP contribution in [0, 0.1) is 5.82 Å². The van der Waals surface area contributed by atoms with Crippen molar-refractivity contribution in [3.05, 3.63) is 56.5 Å². The van der Waals surface area contributed by atoms with Crippen LogP contribution in [0.3, 0.4) is 0 Å². The van der Waals surface area contributed by atoms with Crippen LogP contribution in [0.15, 0.2) is 30.3 Å². The van der Waals surface area contributed by atoms with Gasteiger partial charge in [-0.1, -0.05) is 11.6 Å². The molecule has 1 fully saturated rings. The van der Waals surface area contributed by atoms with Crippen LogP contribution in [-0.2, 0) is 6.18 Å². The Bertz CT molecular complexity index is 710. The summed E-state index contributed by atoms with van der Waals surface area (Å²) in [5.74, 6) is -0.680. The summed E-state index contributed by atoms with van der Waals surface area (Å²) < 4.78 is 54.6. The second-order valence-electron chi connectivity index (χ2n) is 5.56. The molecule has 0 spiro atoms. The molecule has 1 aliphatic rings. The fraction of sp³-hybridized carbons (Fsp3) is 0.375. The largest absolute Gasteiger partial charge is 0.416 e. The first-order valence-corrected chi connectivity index (χ1v) is 8.62. The minimum atomic E-state index is -4.55. The summed E-state index contributed by atoms with van der Waals surface area (Å²) in [4.78, 5) is 2.61. The number of rotatable bonds is 3. The van der Waals surface area contributed by atoms with E-state index in [9.17, 15) is 17.6 Å². The van der Waals surface area contributed by atoms with Gasteiger partial charge >= 0.3 is 6.18 Å². The van der Waals surface area contributed by atoms with Crippen molar-refractivity contribution in [2.45, 2.75) is 12.2 Å². The van der Waals surface area contributed by atoms with Gasteiger partial charge in [0.25, 0.3) is 0 Å². The number of benzene rings is 1. The Morgan fingerprint density at radius 3 is 2.42 bits per heavy atom. The first-order chi connectivity index (χ1) is 11.4. The molecule has 24 heavy (non-hydrogen) atoms. The number of nitrogens with one attached hydrogen (secondary N) is 1. The maximum absolute atomic E-state index is 13.8. The fourth-order valence-corrected chi connectivity index (χ4v) is 4.18. The molecule has 3 rings (SSSR count). The third-order valence-corrected chi connectivity index (χ3v) is 5.28. The minimum Gasteiger partial charge on any atom is -0.314 e. The number of piperazine rings is 1. The highest BCUT2D eigenvalue weighted by molar-refractivity contribution is 7.16. The lowest BCUT2D eigenvalue weighted by Crippen LogP contribution is -2.45. The fourth-order valence-electron chi connectivity index (χ4n) is 2.96. The molecule has 0 radical (unpaired) electrons. The Hall–Kier alpha value is -1.15. The second kappa shape index (κ2) is 7.00. The first-order valence-electron chi connectivity index (χ1n) is 7.43. The Kier molecular flexibility index (Phi) is 5.15. The van der Waals surface area contributed by atoms with Gasteiger partial charge in [0.2, 0.25) is 0 Å². The Labute approximate surface area is 146 Å². The molecule has 1 saturated heterocycles. The van der Waals surface area contributed by atoms with Crippen LogP contribution in [0.4, 0.5) is 17.6 Å². The Balaban J connectivity index is 2.13. The predicted molar refractivity (Wildman–Crippen MR) is 87.0 cm³/mol. The third kappa shape index (κ3) is 3.74.